The predicted octanol–water partition coefficient (Wildman–Crippen LogP) is 5.18. The summed E-state index contributed by atoms with van der Waals surface area (Å²) >= 11 is 0. The van der Waals surface area contributed by atoms with Gasteiger partial charge < -0.3 is 14.4 Å². The van der Waals surface area contributed by atoms with Crippen molar-refractivity contribution in [2.75, 3.05) is 36.0 Å². The molecule has 9 nitrogen and oxygen atoms in total. The van der Waals surface area contributed by atoms with Gasteiger partial charge in [0, 0.05) is 20.0 Å². The van der Waals surface area contributed by atoms with Gasteiger partial charge in [-0.05, 0) is 63.9 Å². The predicted molar refractivity (Wildman–Crippen MR) is 148 cm³/mol. The number of imide groups is 1. The van der Waals surface area contributed by atoms with Crippen LogP contribution in [0.3, 0.4) is 0 Å². The molecule has 2 aliphatic rings. The van der Waals surface area contributed by atoms with E-state index >= 15 is 4.39 Å². The van der Waals surface area contributed by atoms with Crippen LogP contribution in [0.1, 0.15) is 74.1 Å². The molecule has 0 N–H and O–H groups in total. The quantitative estimate of drug-likeness (QED) is 0.345. The van der Waals surface area contributed by atoms with Crippen LogP contribution in [0.25, 0.3) is 0 Å². The van der Waals surface area contributed by atoms with Gasteiger partial charge in [-0.3, -0.25) is 24.2 Å². The van der Waals surface area contributed by atoms with Crippen molar-refractivity contribution in [1.29, 1.82) is 0 Å². The highest BCUT2D eigenvalue weighted by molar-refractivity contribution is 6.21. The van der Waals surface area contributed by atoms with Gasteiger partial charge in [-0.1, -0.05) is 25.0 Å². The van der Waals surface area contributed by atoms with Crippen molar-refractivity contribution >= 4 is 35.3 Å². The van der Waals surface area contributed by atoms with Crippen LogP contribution in [0.5, 0.6) is 0 Å². The second-order valence-electron chi connectivity index (χ2n) is 11.1. The summed E-state index contributed by atoms with van der Waals surface area (Å²) in [5.41, 5.74) is 0.301. The van der Waals surface area contributed by atoms with Crippen molar-refractivity contribution in [2.45, 2.75) is 65.1 Å². The van der Waals surface area contributed by atoms with E-state index in [1.807, 2.05) is 4.90 Å². The van der Waals surface area contributed by atoms with Crippen LogP contribution in [0.15, 0.2) is 42.5 Å². The zero-order valence-electron chi connectivity index (χ0n) is 23.4. The standard InChI is InChI=1S/C30H36FN3O6/c1-20(35)39-22(19-34-27(36)23-11-7-8-12-24(23)28(34)37)18-33(29(38)40-30(2,3)4)21-13-14-26(25(31)17-21)32-15-9-5-6-10-16-32/h7-8,11-14,17,22H,5-6,9-10,15-16,18-19H2,1-4H3/t22-/m1/s1. The first kappa shape index (κ1) is 29.0. The number of benzene rings is 2. The van der Waals surface area contributed by atoms with Gasteiger partial charge in [0.15, 0.2) is 0 Å². The normalized spacial score (nSPS) is 16.3. The van der Waals surface area contributed by atoms with E-state index in [0.717, 1.165) is 43.7 Å². The smallest absolute Gasteiger partial charge is 0.414 e. The Kier molecular flexibility index (Phi) is 8.76. The monoisotopic (exact) mass is 553 g/mol. The van der Waals surface area contributed by atoms with Crippen LogP contribution in [0.2, 0.25) is 0 Å². The highest BCUT2D eigenvalue weighted by Crippen LogP contribution is 2.29. The van der Waals surface area contributed by atoms with Gasteiger partial charge in [0.05, 0.1) is 35.6 Å². The number of ether oxygens (including phenoxy) is 2. The van der Waals surface area contributed by atoms with Crippen molar-refractivity contribution in [3.8, 4) is 0 Å². The summed E-state index contributed by atoms with van der Waals surface area (Å²) in [5, 5.41) is 0. The van der Waals surface area contributed by atoms with Crippen LogP contribution in [-0.2, 0) is 14.3 Å². The average molecular weight is 554 g/mol. The Morgan fingerprint density at radius 3 is 2.10 bits per heavy atom. The lowest BCUT2D eigenvalue weighted by Gasteiger charge is -2.31. The number of hydrogen-bond donors (Lipinski definition) is 0. The van der Waals surface area contributed by atoms with E-state index in [4.69, 9.17) is 9.47 Å². The molecular weight excluding hydrogens is 517 g/mol. The Labute approximate surface area is 233 Å². The third-order valence-electron chi connectivity index (χ3n) is 6.79. The van der Waals surface area contributed by atoms with Gasteiger partial charge in [0.25, 0.3) is 11.8 Å². The second-order valence-corrected chi connectivity index (χ2v) is 11.1. The highest BCUT2D eigenvalue weighted by atomic mass is 19.1. The number of nitrogens with zero attached hydrogens (tertiary/aromatic N) is 3. The van der Waals surface area contributed by atoms with Crippen molar-refractivity contribution in [3.05, 3.63) is 59.4 Å². The lowest BCUT2D eigenvalue weighted by molar-refractivity contribution is -0.146. The first-order valence-electron chi connectivity index (χ1n) is 13.6. The van der Waals surface area contributed by atoms with Crippen LogP contribution >= 0.6 is 0 Å². The van der Waals surface area contributed by atoms with E-state index in [0.29, 0.717) is 5.69 Å². The minimum Gasteiger partial charge on any atom is -0.459 e. The number of amides is 3. The lowest BCUT2D eigenvalue weighted by Crippen LogP contribution is -2.47. The number of carbonyl (C=O) groups excluding carboxylic acids is 4. The molecule has 1 fully saturated rings. The summed E-state index contributed by atoms with van der Waals surface area (Å²) in [5.74, 6) is -2.19. The molecule has 2 aliphatic heterocycles. The Morgan fingerprint density at radius 1 is 0.975 bits per heavy atom. The average Bonchev–Trinajstić information content (AvgIpc) is 3.05. The molecule has 2 aromatic rings. The summed E-state index contributed by atoms with van der Waals surface area (Å²) in [6.45, 7) is 7.24. The molecule has 214 valence electrons. The van der Waals surface area contributed by atoms with E-state index in [-0.39, 0.29) is 29.9 Å². The molecule has 10 heteroatoms. The molecule has 1 atom stereocenters. The van der Waals surface area contributed by atoms with Crippen LogP contribution < -0.4 is 9.80 Å². The van der Waals surface area contributed by atoms with Gasteiger partial charge in [-0.15, -0.1) is 0 Å². The fourth-order valence-corrected chi connectivity index (χ4v) is 5.01. The number of fused-ring (bicyclic) bond motifs is 1. The van der Waals surface area contributed by atoms with E-state index in [2.05, 4.69) is 0 Å². The molecule has 2 aromatic carbocycles. The first-order valence-corrected chi connectivity index (χ1v) is 13.6. The number of esters is 1. The molecule has 0 aromatic heterocycles. The van der Waals surface area contributed by atoms with E-state index in [1.165, 1.54) is 17.9 Å². The van der Waals surface area contributed by atoms with E-state index < -0.39 is 41.4 Å². The first-order chi connectivity index (χ1) is 18.9. The Hall–Kier alpha value is -3.95. The van der Waals surface area contributed by atoms with Gasteiger partial charge in [0.1, 0.15) is 17.5 Å². The third-order valence-corrected chi connectivity index (χ3v) is 6.79. The zero-order valence-corrected chi connectivity index (χ0v) is 23.4. The van der Waals surface area contributed by atoms with Crippen molar-refractivity contribution in [2.24, 2.45) is 0 Å². The maximum absolute atomic E-state index is 15.5. The molecule has 0 saturated carbocycles. The van der Waals surface area contributed by atoms with Crippen molar-refractivity contribution in [1.82, 2.24) is 4.90 Å². The second kappa shape index (κ2) is 12.1. The SMILES string of the molecule is CC(=O)O[C@@H](CN1C(=O)c2ccccc2C1=O)CN(C(=O)OC(C)(C)C)c1ccc(N2CCCCCC2)c(F)c1. The molecule has 1 saturated heterocycles. The molecule has 4 rings (SSSR count). The molecule has 0 radical (unpaired) electrons. The number of carbonyl (C=O) groups is 4. The zero-order chi connectivity index (χ0) is 29.0. The summed E-state index contributed by atoms with van der Waals surface area (Å²) in [6.07, 6.45) is 2.29. The Morgan fingerprint density at radius 2 is 1.57 bits per heavy atom. The number of halogens is 1. The third kappa shape index (κ3) is 6.78. The molecular formula is C30H36FN3O6. The van der Waals surface area contributed by atoms with Crippen LogP contribution in [-0.4, -0.2) is 66.7 Å². The fraction of sp³-hybridized carbons (Fsp3) is 0.467. The summed E-state index contributed by atoms with van der Waals surface area (Å²) in [4.78, 5) is 55.5. The lowest BCUT2D eigenvalue weighted by atomic mass is 10.1. The topological polar surface area (TPSA) is 96.5 Å². The van der Waals surface area contributed by atoms with Gasteiger partial charge >= 0.3 is 12.1 Å². The molecule has 0 bridgehead atoms. The van der Waals surface area contributed by atoms with Crippen molar-refractivity contribution < 1.29 is 33.0 Å². The summed E-state index contributed by atoms with van der Waals surface area (Å²) < 4.78 is 26.5. The molecule has 2 heterocycles. The Balaban J connectivity index is 1.62. The van der Waals surface area contributed by atoms with Gasteiger partial charge in [0.2, 0.25) is 0 Å². The summed E-state index contributed by atoms with van der Waals surface area (Å²) in [7, 11) is 0. The largest absolute Gasteiger partial charge is 0.459 e. The molecule has 3 amide bonds. The van der Waals surface area contributed by atoms with Crippen molar-refractivity contribution in [3.63, 3.8) is 0 Å². The molecule has 0 aliphatic carbocycles. The van der Waals surface area contributed by atoms with E-state index in [1.54, 1.807) is 57.2 Å². The van der Waals surface area contributed by atoms with Crippen LogP contribution in [0.4, 0.5) is 20.6 Å². The fourth-order valence-electron chi connectivity index (χ4n) is 5.01. The van der Waals surface area contributed by atoms with Gasteiger partial charge in [-0.25, -0.2) is 9.18 Å². The highest BCUT2D eigenvalue weighted by Gasteiger charge is 2.38. The van der Waals surface area contributed by atoms with Gasteiger partial charge in [-0.2, -0.15) is 0 Å². The molecule has 40 heavy (non-hydrogen) atoms. The van der Waals surface area contributed by atoms with E-state index in [9.17, 15) is 19.2 Å². The minimum absolute atomic E-state index is 0.199. The number of anilines is 2. The minimum atomic E-state index is -1.10. The maximum atomic E-state index is 15.5. The maximum Gasteiger partial charge on any atom is 0.414 e. The number of hydrogen-bond acceptors (Lipinski definition) is 7. The Bertz CT molecular complexity index is 1250. The van der Waals surface area contributed by atoms with Crippen LogP contribution in [0, 0.1) is 5.82 Å². The summed E-state index contributed by atoms with van der Waals surface area (Å²) in [6, 6.07) is 10.9. The molecule has 0 unspecified atom stereocenters. The number of rotatable bonds is 7. The molecule has 0 spiro atoms.